The Kier molecular flexibility index (Phi) is 4.70. The summed E-state index contributed by atoms with van der Waals surface area (Å²) in [6.45, 7) is 1.75. The second-order valence-electron chi connectivity index (χ2n) is 5.26. The number of hydrogen-bond acceptors (Lipinski definition) is 6. The van der Waals surface area contributed by atoms with Gasteiger partial charge in [0, 0.05) is 16.5 Å². The number of rotatable bonds is 5. The van der Waals surface area contributed by atoms with Gasteiger partial charge in [0.1, 0.15) is 5.82 Å². The number of nitro benzene ring substituents is 1. The van der Waals surface area contributed by atoms with Crippen LogP contribution in [0, 0.1) is 22.9 Å². The highest BCUT2D eigenvalue weighted by molar-refractivity contribution is 7.93. The molecule has 0 aliphatic rings. The van der Waals surface area contributed by atoms with Gasteiger partial charge in [-0.2, -0.15) is 0 Å². The first-order chi connectivity index (χ1) is 12.3. The van der Waals surface area contributed by atoms with E-state index in [0.29, 0.717) is 11.3 Å². The van der Waals surface area contributed by atoms with Gasteiger partial charge in [-0.1, -0.05) is 12.1 Å². The summed E-state index contributed by atoms with van der Waals surface area (Å²) in [5.41, 5.74) is 0.624. The van der Waals surface area contributed by atoms with E-state index in [1.54, 1.807) is 6.92 Å². The molecule has 0 spiro atoms. The summed E-state index contributed by atoms with van der Waals surface area (Å²) in [5, 5.41) is 11.1. The normalized spacial score (nSPS) is 11.3. The van der Waals surface area contributed by atoms with Gasteiger partial charge >= 0.3 is 0 Å². The van der Waals surface area contributed by atoms with Crippen molar-refractivity contribution in [2.45, 2.75) is 11.8 Å². The molecule has 0 radical (unpaired) electrons. The lowest BCUT2D eigenvalue weighted by Gasteiger charge is -2.05. The number of benzene rings is 2. The summed E-state index contributed by atoms with van der Waals surface area (Å²) in [4.78, 5) is 14.8. The third-order valence-corrected chi connectivity index (χ3v) is 5.89. The van der Waals surface area contributed by atoms with Crippen LogP contribution in [-0.4, -0.2) is 18.3 Å². The first kappa shape index (κ1) is 18.0. The number of para-hydroxylation sites is 1. The fourth-order valence-corrected chi connectivity index (χ4v) is 4.56. The van der Waals surface area contributed by atoms with Crippen LogP contribution in [-0.2, 0) is 10.0 Å². The molecule has 7 nitrogen and oxygen atoms in total. The van der Waals surface area contributed by atoms with Gasteiger partial charge in [0.05, 0.1) is 10.6 Å². The molecule has 26 heavy (non-hydrogen) atoms. The van der Waals surface area contributed by atoms with E-state index >= 15 is 0 Å². The molecule has 3 rings (SSSR count). The molecule has 0 unspecified atom stereocenters. The predicted molar refractivity (Wildman–Crippen MR) is 96.1 cm³/mol. The molecule has 0 atom stereocenters. The van der Waals surface area contributed by atoms with Crippen molar-refractivity contribution in [3.05, 3.63) is 69.3 Å². The quantitative estimate of drug-likeness (QED) is 0.522. The molecular formula is C16H12FN3O4S2. The van der Waals surface area contributed by atoms with Crippen LogP contribution >= 0.6 is 11.3 Å². The Morgan fingerprint density at radius 3 is 2.46 bits per heavy atom. The SMILES string of the molecule is Cc1sc(NS(=O)(=O)c2ccccc2[N+](=O)[O-])nc1-c1ccc(F)cc1. The van der Waals surface area contributed by atoms with Crippen LogP contribution < -0.4 is 4.72 Å². The minimum Gasteiger partial charge on any atom is -0.258 e. The van der Waals surface area contributed by atoms with Crippen LogP contribution in [0.1, 0.15) is 4.88 Å². The zero-order chi connectivity index (χ0) is 18.9. The topological polar surface area (TPSA) is 102 Å². The number of halogens is 1. The third-order valence-electron chi connectivity index (χ3n) is 3.49. The monoisotopic (exact) mass is 393 g/mol. The number of hydrogen-bond donors (Lipinski definition) is 1. The standard InChI is InChI=1S/C16H12FN3O4S2/c1-10-15(11-6-8-12(17)9-7-11)18-16(25-10)19-26(23,24)14-5-3-2-4-13(14)20(21)22/h2-9H,1H3,(H,18,19). The van der Waals surface area contributed by atoms with Crippen molar-refractivity contribution in [2.75, 3.05) is 4.72 Å². The number of sulfonamides is 1. The fraction of sp³-hybridized carbons (Fsp3) is 0.0625. The third kappa shape index (κ3) is 3.55. The number of nitro groups is 1. The molecule has 0 saturated carbocycles. The first-order valence-corrected chi connectivity index (χ1v) is 9.57. The lowest BCUT2D eigenvalue weighted by molar-refractivity contribution is -0.387. The maximum Gasteiger partial charge on any atom is 0.289 e. The van der Waals surface area contributed by atoms with Crippen LogP contribution in [0.5, 0.6) is 0 Å². The second-order valence-corrected chi connectivity index (χ2v) is 8.12. The number of thiazole rings is 1. The highest BCUT2D eigenvalue weighted by Crippen LogP contribution is 2.32. The van der Waals surface area contributed by atoms with E-state index in [-0.39, 0.29) is 10.9 Å². The van der Waals surface area contributed by atoms with Crippen molar-refractivity contribution in [2.24, 2.45) is 0 Å². The Morgan fingerprint density at radius 1 is 1.15 bits per heavy atom. The van der Waals surface area contributed by atoms with E-state index in [9.17, 15) is 22.9 Å². The number of nitrogens with one attached hydrogen (secondary N) is 1. The van der Waals surface area contributed by atoms with Crippen LogP contribution in [0.25, 0.3) is 11.3 Å². The van der Waals surface area contributed by atoms with E-state index < -0.39 is 25.5 Å². The highest BCUT2D eigenvalue weighted by Gasteiger charge is 2.26. The molecule has 0 aliphatic heterocycles. The molecule has 10 heteroatoms. The zero-order valence-electron chi connectivity index (χ0n) is 13.3. The van der Waals surface area contributed by atoms with Gasteiger partial charge in [-0.05, 0) is 37.3 Å². The molecule has 134 valence electrons. The molecule has 3 aromatic rings. The summed E-state index contributed by atoms with van der Waals surface area (Å²) in [5.74, 6) is -0.390. The lowest BCUT2D eigenvalue weighted by Crippen LogP contribution is -2.14. The highest BCUT2D eigenvalue weighted by atomic mass is 32.2. The van der Waals surface area contributed by atoms with Gasteiger partial charge in [0.2, 0.25) is 0 Å². The zero-order valence-corrected chi connectivity index (χ0v) is 15.0. The molecule has 0 amide bonds. The smallest absolute Gasteiger partial charge is 0.258 e. The van der Waals surface area contributed by atoms with E-state index in [1.807, 2.05) is 0 Å². The number of anilines is 1. The van der Waals surface area contributed by atoms with Crippen molar-refractivity contribution < 1.29 is 17.7 Å². The lowest BCUT2D eigenvalue weighted by atomic mass is 10.1. The van der Waals surface area contributed by atoms with E-state index in [2.05, 4.69) is 9.71 Å². The maximum absolute atomic E-state index is 13.1. The molecule has 0 saturated heterocycles. The van der Waals surface area contributed by atoms with E-state index in [4.69, 9.17) is 0 Å². The molecule has 1 aromatic heterocycles. The summed E-state index contributed by atoms with van der Waals surface area (Å²) in [6.07, 6.45) is 0. The van der Waals surface area contributed by atoms with Gasteiger partial charge in [-0.3, -0.25) is 14.8 Å². The van der Waals surface area contributed by atoms with Crippen LogP contribution in [0.2, 0.25) is 0 Å². The molecule has 0 fully saturated rings. The van der Waals surface area contributed by atoms with Gasteiger partial charge < -0.3 is 0 Å². The van der Waals surface area contributed by atoms with Crippen molar-refractivity contribution >= 4 is 32.2 Å². The average Bonchev–Trinajstić information content (AvgIpc) is 2.95. The largest absolute Gasteiger partial charge is 0.289 e. The second kappa shape index (κ2) is 6.81. The van der Waals surface area contributed by atoms with Crippen molar-refractivity contribution in [1.82, 2.24) is 4.98 Å². The molecule has 0 aliphatic carbocycles. The van der Waals surface area contributed by atoms with E-state index in [0.717, 1.165) is 28.3 Å². The van der Waals surface area contributed by atoms with Crippen molar-refractivity contribution in [3.63, 3.8) is 0 Å². The summed E-state index contributed by atoms with van der Waals surface area (Å²) in [7, 11) is -4.19. The first-order valence-electron chi connectivity index (χ1n) is 7.27. The van der Waals surface area contributed by atoms with Gasteiger partial charge in [0.15, 0.2) is 10.0 Å². The van der Waals surface area contributed by atoms with Crippen LogP contribution in [0.3, 0.4) is 0 Å². The maximum atomic E-state index is 13.1. The number of aromatic nitrogens is 1. The summed E-state index contributed by atoms with van der Waals surface area (Å²) in [6, 6.07) is 10.7. The number of aryl methyl sites for hydroxylation is 1. The Balaban J connectivity index is 1.96. The minimum absolute atomic E-state index is 0.0694. The van der Waals surface area contributed by atoms with Crippen molar-refractivity contribution in [1.29, 1.82) is 0 Å². The van der Waals surface area contributed by atoms with Crippen LogP contribution in [0.4, 0.5) is 15.2 Å². The Labute approximate surface area is 152 Å². The number of nitrogens with zero attached hydrogens (tertiary/aromatic N) is 2. The summed E-state index contributed by atoms with van der Waals surface area (Å²) >= 11 is 1.08. The van der Waals surface area contributed by atoms with Crippen LogP contribution in [0.15, 0.2) is 53.4 Å². The van der Waals surface area contributed by atoms with Gasteiger partial charge in [-0.25, -0.2) is 17.8 Å². The Morgan fingerprint density at radius 2 is 1.81 bits per heavy atom. The van der Waals surface area contributed by atoms with Gasteiger partial charge in [0.25, 0.3) is 15.7 Å². The minimum atomic E-state index is -4.19. The fourth-order valence-electron chi connectivity index (χ4n) is 2.32. The molecular weight excluding hydrogens is 381 g/mol. The van der Waals surface area contributed by atoms with E-state index in [1.165, 1.54) is 36.4 Å². The molecule has 2 aromatic carbocycles. The molecule has 0 bridgehead atoms. The average molecular weight is 393 g/mol. The van der Waals surface area contributed by atoms with Crippen molar-refractivity contribution in [3.8, 4) is 11.3 Å². The molecule has 1 heterocycles. The molecule has 1 N–H and O–H groups in total. The Hall–Kier alpha value is -2.85. The summed E-state index contributed by atoms with van der Waals surface area (Å²) < 4.78 is 40.4. The van der Waals surface area contributed by atoms with Gasteiger partial charge in [-0.15, -0.1) is 11.3 Å². The Bertz CT molecular complexity index is 1080. The predicted octanol–water partition coefficient (Wildman–Crippen LogP) is 3.97.